The second-order valence-electron chi connectivity index (χ2n) is 7.69. The summed E-state index contributed by atoms with van der Waals surface area (Å²) in [6, 6.07) is 10.2. The van der Waals surface area contributed by atoms with Crippen molar-refractivity contribution < 1.29 is 17.7 Å². The van der Waals surface area contributed by atoms with Gasteiger partial charge in [-0.3, -0.25) is 4.79 Å². The summed E-state index contributed by atoms with van der Waals surface area (Å²) in [4.78, 5) is 18.0. The quantitative estimate of drug-likeness (QED) is 0.449. The Morgan fingerprint density at radius 2 is 1.97 bits per heavy atom. The van der Waals surface area contributed by atoms with E-state index < -0.39 is 10.0 Å². The molecule has 0 spiro atoms. The van der Waals surface area contributed by atoms with Gasteiger partial charge in [0.05, 0.1) is 9.77 Å². The summed E-state index contributed by atoms with van der Waals surface area (Å²) < 4.78 is 32.2. The Labute approximate surface area is 191 Å². The van der Waals surface area contributed by atoms with E-state index >= 15 is 0 Å². The monoisotopic (exact) mass is 474 g/mol. The number of thiophene rings is 1. The van der Waals surface area contributed by atoms with Crippen LogP contribution in [0, 0.1) is 0 Å². The molecule has 1 amide bonds. The number of unbranched alkanes of at least 4 members (excludes halogenated alkanes) is 2. The third-order valence-electron chi connectivity index (χ3n) is 5.36. The van der Waals surface area contributed by atoms with Crippen molar-refractivity contribution in [3.05, 3.63) is 53.2 Å². The summed E-state index contributed by atoms with van der Waals surface area (Å²) in [6.07, 6.45) is 5.04. The first-order valence-corrected chi connectivity index (χ1v) is 13.1. The van der Waals surface area contributed by atoms with Crippen molar-refractivity contribution in [2.24, 2.45) is 0 Å². The molecule has 0 aliphatic carbocycles. The van der Waals surface area contributed by atoms with Crippen molar-refractivity contribution in [2.75, 3.05) is 19.6 Å². The van der Waals surface area contributed by atoms with Gasteiger partial charge in [-0.15, -0.1) is 11.3 Å². The molecule has 0 radical (unpaired) electrons. The molecule has 1 aliphatic heterocycles. The molecule has 0 atom stereocenters. The third-order valence-corrected chi connectivity index (χ3v) is 8.12. The minimum absolute atomic E-state index is 0.175. The zero-order chi connectivity index (χ0) is 22.4. The first-order chi connectivity index (χ1) is 15.5. The van der Waals surface area contributed by atoms with Gasteiger partial charge in [0.25, 0.3) is 5.91 Å². The van der Waals surface area contributed by atoms with Crippen molar-refractivity contribution >= 4 is 27.3 Å². The van der Waals surface area contributed by atoms with E-state index in [2.05, 4.69) is 15.5 Å². The van der Waals surface area contributed by atoms with Crippen LogP contribution in [0.5, 0.6) is 0 Å². The van der Waals surface area contributed by atoms with E-state index in [1.807, 2.05) is 17.5 Å². The number of nitrogens with zero attached hydrogens (tertiary/aromatic N) is 3. The Hall–Kier alpha value is -2.56. The number of benzene rings is 1. The van der Waals surface area contributed by atoms with Crippen molar-refractivity contribution in [1.29, 1.82) is 0 Å². The molecule has 1 aromatic carbocycles. The van der Waals surface area contributed by atoms with Gasteiger partial charge in [-0.05, 0) is 55.3 Å². The van der Waals surface area contributed by atoms with Crippen LogP contribution in [0.1, 0.15) is 48.4 Å². The number of aromatic nitrogens is 2. The summed E-state index contributed by atoms with van der Waals surface area (Å²) in [5, 5.41) is 8.85. The third kappa shape index (κ3) is 5.43. The van der Waals surface area contributed by atoms with Gasteiger partial charge in [0.2, 0.25) is 21.7 Å². The highest BCUT2D eigenvalue weighted by Crippen LogP contribution is 2.22. The minimum atomic E-state index is -3.53. The van der Waals surface area contributed by atoms with Gasteiger partial charge in [-0.25, -0.2) is 8.42 Å². The number of aryl methyl sites for hydroxylation is 1. The van der Waals surface area contributed by atoms with Crippen LogP contribution in [0.25, 0.3) is 10.7 Å². The lowest BCUT2D eigenvalue weighted by Gasteiger charge is -2.16. The second-order valence-corrected chi connectivity index (χ2v) is 10.6. The molecule has 2 aromatic heterocycles. The van der Waals surface area contributed by atoms with Gasteiger partial charge < -0.3 is 9.84 Å². The molecule has 1 fully saturated rings. The maximum absolute atomic E-state index is 12.7. The molecule has 170 valence electrons. The molecule has 0 saturated carbocycles. The molecule has 1 saturated heterocycles. The number of sulfonamides is 1. The van der Waals surface area contributed by atoms with Gasteiger partial charge >= 0.3 is 0 Å². The lowest BCUT2D eigenvalue weighted by atomic mass is 10.2. The Morgan fingerprint density at radius 3 is 2.75 bits per heavy atom. The van der Waals surface area contributed by atoms with Crippen LogP contribution in [0.3, 0.4) is 0 Å². The molecule has 3 heterocycles. The zero-order valence-electron chi connectivity index (χ0n) is 17.7. The van der Waals surface area contributed by atoms with Crippen LogP contribution in [-0.4, -0.2) is 48.4 Å². The van der Waals surface area contributed by atoms with Crippen molar-refractivity contribution in [3.8, 4) is 10.7 Å². The summed E-state index contributed by atoms with van der Waals surface area (Å²) in [5.74, 6) is 0.977. The van der Waals surface area contributed by atoms with Gasteiger partial charge in [-0.2, -0.15) is 9.29 Å². The average molecular weight is 475 g/mol. The average Bonchev–Trinajstić information content (AvgIpc) is 3.57. The molecule has 32 heavy (non-hydrogen) atoms. The second kappa shape index (κ2) is 10.4. The van der Waals surface area contributed by atoms with E-state index in [0.29, 0.717) is 43.3 Å². The Balaban J connectivity index is 1.20. The number of amides is 1. The van der Waals surface area contributed by atoms with E-state index in [4.69, 9.17) is 4.52 Å². The van der Waals surface area contributed by atoms with Crippen LogP contribution >= 0.6 is 11.3 Å². The molecule has 1 aliphatic rings. The fourth-order valence-electron chi connectivity index (χ4n) is 3.62. The van der Waals surface area contributed by atoms with Gasteiger partial charge in [-0.1, -0.05) is 23.7 Å². The Kier molecular flexibility index (Phi) is 7.33. The summed E-state index contributed by atoms with van der Waals surface area (Å²) in [5.41, 5.74) is 0.359. The molecule has 4 rings (SSSR count). The van der Waals surface area contributed by atoms with Crippen LogP contribution in [0.15, 0.2) is 51.2 Å². The Bertz CT molecular complexity index is 1140. The summed E-state index contributed by atoms with van der Waals surface area (Å²) in [6.45, 7) is 1.60. The van der Waals surface area contributed by atoms with E-state index in [-0.39, 0.29) is 10.8 Å². The topological polar surface area (TPSA) is 105 Å². The first kappa shape index (κ1) is 22.6. The zero-order valence-corrected chi connectivity index (χ0v) is 19.3. The highest BCUT2D eigenvalue weighted by Gasteiger charge is 2.27. The molecule has 10 heteroatoms. The number of rotatable bonds is 10. The van der Waals surface area contributed by atoms with Gasteiger partial charge in [0.1, 0.15) is 0 Å². The standard InChI is InChI=1S/C22H26N4O4S2/c27-22(17-8-6-9-18(16-17)32(28,29)26-13-4-5-14-26)23-12-3-1-2-11-20-24-21(25-30-20)19-10-7-15-31-19/h6-10,15-16H,1-5,11-14H2,(H,23,27). The molecule has 3 aromatic rings. The largest absolute Gasteiger partial charge is 0.352 e. The maximum Gasteiger partial charge on any atom is 0.251 e. The van der Waals surface area contributed by atoms with Crippen molar-refractivity contribution in [1.82, 2.24) is 19.8 Å². The molecular formula is C22H26N4O4S2. The van der Waals surface area contributed by atoms with Crippen molar-refractivity contribution in [2.45, 2.75) is 43.4 Å². The van der Waals surface area contributed by atoms with Crippen LogP contribution in [0.4, 0.5) is 0 Å². The lowest BCUT2D eigenvalue weighted by Crippen LogP contribution is -2.28. The van der Waals surface area contributed by atoms with E-state index in [9.17, 15) is 13.2 Å². The number of nitrogens with one attached hydrogen (secondary N) is 1. The lowest BCUT2D eigenvalue weighted by molar-refractivity contribution is 0.0952. The summed E-state index contributed by atoms with van der Waals surface area (Å²) in [7, 11) is -3.53. The van der Waals surface area contributed by atoms with Crippen molar-refractivity contribution in [3.63, 3.8) is 0 Å². The van der Waals surface area contributed by atoms with E-state index in [1.54, 1.807) is 29.5 Å². The smallest absolute Gasteiger partial charge is 0.251 e. The number of hydrogen-bond acceptors (Lipinski definition) is 7. The minimum Gasteiger partial charge on any atom is -0.352 e. The Morgan fingerprint density at radius 1 is 1.12 bits per heavy atom. The van der Waals surface area contributed by atoms with Crippen LogP contribution < -0.4 is 5.32 Å². The van der Waals surface area contributed by atoms with Gasteiger partial charge in [0, 0.05) is 31.6 Å². The van der Waals surface area contributed by atoms with Crippen LogP contribution in [0.2, 0.25) is 0 Å². The first-order valence-electron chi connectivity index (χ1n) is 10.8. The highest BCUT2D eigenvalue weighted by atomic mass is 32.2. The number of carbonyl (C=O) groups is 1. The predicted molar refractivity (Wildman–Crippen MR) is 122 cm³/mol. The van der Waals surface area contributed by atoms with E-state index in [0.717, 1.165) is 37.0 Å². The summed E-state index contributed by atoms with van der Waals surface area (Å²) >= 11 is 1.57. The molecule has 1 N–H and O–H groups in total. The van der Waals surface area contributed by atoms with Crippen LogP contribution in [-0.2, 0) is 16.4 Å². The molecule has 0 unspecified atom stereocenters. The fourth-order valence-corrected chi connectivity index (χ4v) is 5.83. The molecule has 8 nitrogen and oxygen atoms in total. The normalized spacial score (nSPS) is 14.6. The highest BCUT2D eigenvalue weighted by molar-refractivity contribution is 7.89. The molecular weight excluding hydrogens is 448 g/mol. The maximum atomic E-state index is 12.7. The predicted octanol–water partition coefficient (Wildman–Crippen LogP) is 3.73. The van der Waals surface area contributed by atoms with E-state index in [1.165, 1.54) is 10.4 Å². The fraction of sp³-hybridized carbons (Fsp3) is 0.409. The SMILES string of the molecule is O=C(NCCCCCc1nc(-c2cccs2)no1)c1cccc(S(=O)(=O)N2CCCC2)c1. The number of hydrogen-bond donors (Lipinski definition) is 1. The van der Waals surface area contributed by atoms with Gasteiger partial charge in [0.15, 0.2) is 0 Å². The number of carbonyl (C=O) groups excluding carboxylic acids is 1. The molecule has 0 bridgehead atoms.